The third-order valence-electron chi connectivity index (χ3n) is 5.46. The molecule has 3 heterocycles. The van der Waals surface area contributed by atoms with Crippen molar-refractivity contribution in [3.8, 4) is 22.8 Å². The highest BCUT2D eigenvalue weighted by Gasteiger charge is 2.37. The zero-order valence-corrected chi connectivity index (χ0v) is 17.7. The second-order valence-electron chi connectivity index (χ2n) is 7.48. The predicted molar refractivity (Wildman–Crippen MR) is 117 cm³/mol. The monoisotopic (exact) mass is 460 g/mol. The summed E-state index contributed by atoms with van der Waals surface area (Å²) in [6, 6.07) is 11.6. The lowest BCUT2D eigenvalue weighted by Gasteiger charge is -2.26. The van der Waals surface area contributed by atoms with Gasteiger partial charge in [-0.3, -0.25) is 14.9 Å². The van der Waals surface area contributed by atoms with Crippen LogP contribution in [0.5, 0.6) is 11.5 Å². The number of nitrogens with one attached hydrogen (secondary N) is 1. The fourth-order valence-corrected chi connectivity index (χ4v) is 3.77. The number of ether oxygens (including phenoxy) is 2. The minimum Gasteiger partial charge on any atom is -0.478 e. The van der Waals surface area contributed by atoms with Crippen LogP contribution in [0.1, 0.15) is 21.7 Å². The first-order valence-electron chi connectivity index (χ1n) is 10.1. The average molecular weight is 460 g/mol. The summed E-state index contributed by atoms with van der Waals surface area (Å²) in [5.74, 6) is -1.39. The van der Waals surface area contributed by atoms with Gasteiger partial charge in [-0.15, -0.1) is 0 Å². The van der Waals surface area contributed by atoms with Gasteiger partial charge in [-0.25, -0.2) is 14.5 Å². The quantitative estimate of drug-likeness (QED) is 0.447. The van der Waals surface area contributed by atoms with Crippen molar-refractivity contribution in [2.24, 2.45) is 0 Å². The number of barbiturate groups is 1. The van der Waals surface area contributed by atoms with Crippen molar-refractivity contribution in [1.29, 1.82) is 0 Å². The third-order valence-corrected chi connectivity index (χ3v) is 5.46. The molecule has 0 aliphatic carbocycles. The topological polar surface area (TPSA) is 135 Å². The van der Waals surface area contributed by atoms with E-state index in [1.165, 1.54) is 30.3 Å². The molecule has 4 amide bonds. The Bertz CT molecular complexity index is 1420. The van der Waals surface area contributed by atoms with Gasteiger partial charge in [-0.2, -0.15) is 0 Å². The number of nitrogens with zero attached hydrogens (tertiary/aromatic N) is 1. The molecule has 34 heavy (non-hydrogen) atoms. The molecule has 0 spiro atoms. The normalized spacial score (nSPS) is 16.2. The molecule has 170 valence electrons. The van der Waals surface area contributed by atoms with E-state index < -0.39 is 23.8 Å². The lowest BCUT2D eigenvalue weighted by Crippen LogP contribution is -2.54. The van der Waals surface area contributed by atoms with Gasteiger partial charge in [0.05, 0.1) is 11.3 Å². The minimum absolute atomic E-state index is 0.0260. The maximum atomic E-state index is 13.1. The van der Waals surface area contributed by atoms with Crippen molar-refractivity contribution in [3.63, 3.8) is 0 Å². The Morgan fingerprint density at radius 3 is 2.65 bits per heavy atom. The zero-order valence-electron chi connectivity index (χ0n) is 17.7. The van der Waals surface area contributed by atoms with Crippen LogP contribution in [0.4, 0.5) is 10.5 Å². The number of carbonyl (C=O) groups is 4. The fraction of sp³-hybridized carbons (Fsp3) is 0.0833. The summed E-state index contributed by atoms with van der Waals surface area (Å²) >= 11 is 0. The summed E-state index contributed by atoms with van der Waals surface area (Å²) < 4.78 is 16.3. The van der Waals surface area contributed by atoms with E-state index in [0.29, 0.717) is 28.4 Å². The summed E-state index contributed by atoms with van der Waals surface area (Å²) in [6.45, 7) is 1.69. The van der Waals surface area contributed by atoms with E-state index in [9.17, 15) is 24.3 Å². The molecular formula is C24H16N2O8. The number of amides is 4. The van der Waals surface area contributed by atoms with Gasteiger partial charge >= 0.3 is 12.0 Å². The number of rotatable bonds is 4. The highest BCUT2D eigenvalue weighted by molar-refractivity contribution is 6.39. The number of fused-ring (bicyclic) bond motifs is 1. The van der Waals surface area contributed by atoms with Crippen LogP contribution in [0.25, 0.3) is 17.4 Å². The maximum absolute atomic E-state index is 13.1. The summed E-state index contributed by atoms with van der Waals surface area (Å²) in [6.07, 6.45) is 1.23. The Morgan fingerprint density at radius 1 is 1.06 bits per heavy atom. The largest absolute Gasteiger partial charge is 0.478 e. The molecule has 5 rings (SSSR count). The molecule has 10 nitrogen and oxygen atoms in total. The standard InChI is InChI=1S/C24H16N2O8/c1-12-15(3-2-4-16(12)23(29)30)18-8-6-14(34-18)10-17-21(27)25-24(31)26(22(17)28)13-5-7-19-20(9-13)33-11-32-19/h2-10H,11H2,1H3,(H,29,30)(H,25,27,31)/b17-10+. The molecule has 0 atom stereocenters. The third kappa shape index (κ3) is 3.47. The van der Waals surface area contributed by atoms with Crippen LogP contribution in [-0.4, -0.2) is 35.7 Å². The van der Waals surface area contributed by atoms with E-state index in [4.69, 9.17) is 13.9 Å². The Labute approximate surface area is 192 Å². The van der Waals surface area contributed by atoms with Crippen LogP contribution in [0.15, 0.2) is 58.5 Å². The summed E-state index contributed by atoms with van der Waals surface area (Å²) in [7, 11) is 0. The number of anilines is 1. The Kier molecular flexibility index (Phi) is 4.90. The van der Waals surface area contributed by atoms with Gasteiger partial charge in [0.15, 0.2) is 11.5 Å². The predicted octanol–water partition coefficient (Wildman–Crippen LogP) is 3.35. The first kappa shape index (κ1) is 21.0. The molecule has 0 unspecified atom stereocenters. The van der Waals surface area contributed by atoms with Crippen molar-refractivity contribution in [2.75, 3.05) is 11.7 Å². The molecule has 1 saturated heterocycles. The van der Waals surface area contributed by atoms with Crippen LogP contribution in [0.3, 0.4) is 0 Å². The molecule has 2 aromatic carbocycles. The number of carboxylic acids is 1. The van der Waals surface area contributed by atoms with E-state index in [-0.39, 0.29) is 29.4 Å². The van der Waals surface area contributed by atoms with E-state index in [0.717, 1.165) is 4.90 Å². The smallest absolute Gasteiger partial charge is 0.335 e. The molecule has 1 aromatic heterocycles. The van der Waals surface area contributed by atoms with Crippen LogP contribution < -0.4 is 19.7 Å². The number of urea groups is 1. The highest BCUT2D eigenvalue weighted by atomic mass is 16.7. The summed E-state index contributed by atoms with van der Waals surface area (Å²) in [5.41, 5.74) is 1.09. The number of carbonyl (C=O) groups excluding carboxylic acids is 3. The van der Waals surface area contributed by atoms with Gasteiger partial charge in [0.1, 0.15) is 17.1 Å². The number of hydrogen-bond acceptors (Lipinski definition) is 7. The van der Waals surface area contributed by atoms with Crippen molar-refractivity contribution >= 4 is 35.6 Å². The van der Waals surface area contributed by atoms with Crippen LogP contribution in [0, 0.1) is 6.92 Å². The Morgan fingerprint density at radius 2 is 1.85 bits per heavy atom. The SMILES string of the molecule is Cc1c(C(=O)O)cccc1-c1ccc(/C=C2\C(=O)NC(=O)N(c3ccc4c(c3)OCO4)C2=O)o1. The zero-order chi connectivity index (χ0) is 24.0. The summed E-state index contributed by atoms with van der Waals surface area (Å²) in [5, 5.41) is 11.5. The van der Waals surface area contributed by atoms with Gasteiger partial charge in [-0.1, -0.05) is 12.1 Å². The molecule has 0 saturated carbocycles. The second-order valence-corrected chi connectivity index (χ2v) is 7.48. The van der Waals surface area contributed by atoms with Crippen LogP contribution >= 0.6 is 0 Å². The summed E-state index contributed by atoms with van der Waals surface area (Å²) in [4.78, 5) is 50.2. The average Bonchev–Trinajstić information content (AvgIpc) is 3.45. The maximum Gasteiger partial charge on any atom is 0.335 e. The lowest BCUT2D eigenvalue weighted by molar-refractivity contribution is -0.122. The second kappa shape index (κ2) is 7.93. The van der Waals surface area contributed by atoms with Crippen molar-refractivity contribution < 1.29 is 38.2 Å². The van der Waals surface area contributed by atoms with Gasteiger partial charge in [0, 0.05) is 11.6 Å². The molecular weight excluding hydrogens is 444 g/mol. The molecule has 2 aliphatic heterocycles. The number of furan rings is 1. The van der Waals surface area contributed by atoms with Gasteiger partial charge in [0.2, 0.25) is 6.79 Å². The lowest BCUT2D eigenvalue weighted by atomic mass is 10.0. The molecule has 2 N–H and O–H groups in total. The fourth-order valence-electron chi connectivity index (χ4n) is 3.77. The Balaban J connectivity index is 1.48. The number of benzene rings is 2. The molecule has 2 aliphatic rings. The van der Waals surface area contributed by atoms with Gasteiger partial charge in [-0.05, 0) is 48.9 Å². The molecule has 3 aromatic rings. The molecule has 0 radical (unpaired) electrons. The molecule has 1 fully saturated rings. The van der Waals surface area contributed by atoms with E-state index in [2.05, 4.69) is 5.32 Å². The first-order valence-corrected chi connectivity index (χ1v) is 10.1. The molecule has 10 heteroatoms. The molecule has 0 bridgehead atoms. The van der Waals surface area contributed by atoms with Crippen molar-refractivity contribution in [2.45, 2.75) is 6.92 Å². The Hall–Kier alpha value is -4.86. The first-order chi connectivity index (χ1) is 16.3. The van der Waals surface area contributed by atoms with Crippen molar-refractivity contribution in [3.05, 3.63) is 71.0 Å². The number of aromatic carboxylic acids is 1. The van der Waals surface area contributed by atoms with E-state index in [1.54, 1.807) is 31.2 Å². The van der Waals surface area contributed by atoms with Crippen molar-refractivity contribution in [1.82, 2.24) is 5.32 Å². The minimum atomic E-state index is -1.06. The van der Waals surface area contributed by atoms with E-state index in [1.807, 2.05) is 0 Å². The van der Waals surface area contributed by atoms with Crippen LogP contribution in [-0.2, 0) is 9.59 Å². The number of imide groups is 2. The van der Waals surface area contributed by atoms with E-state index >= 15 is 0 Å². The van der Waals surface area contributed by atoms with Gasteiger partial charge in [0.25, 0.3) is 11.8 Å². The van der Waals surface area contributed by atoms with Gasteiger partial charge < -0.3 is 19.0 Å². The van der Waals surface area contributed by atoms with Crippen LogP contribution in [0.2, 0.25) is 0 Å². The number of carboxylic acid groups (broad SMARTS) is 1. The number of hydrogen-bond donors (Lipinski definition) is 2. The highest BCUT2D eigenvalue weighted by Crippen LogP contribution is 2.36.